The van der Waals surface area contributed by atoms with Gasteiger partial charge in [-0.15, -0.1) is 0 Å². The van der Waals surface area contributed by atoms with E-state index in [1.54, 1.807) is 20.8 Å². The Labute approximate surface area is 257 Å². The largest absolute Gasteiger partial charge is 0.444 e. The topological polar surface area (TPSA) is 120 Å². The van der Waals surface area contributed by atoms with E-state index < -0.39 is 35.8 Å². The number of benzene rings is 2. The quantitative estimate of drug-likeness (QED) is 0.233. The number of aliphatic hydroxyl groups is 1. The first-order valence-electron chi connectivity index (χ1n) is 15.3. The minimum atomic E-state index is -1.07. The highest BCUT2D eigenvalue weighted by atomic mass is 16.6. The maximum atomic E-state index is 13.9. The molecule has 0 aliphatic heterocycles. The van der Waals surface area contributed by atoms with Gasteiger partial charge >= 0.3 is 6.09 Å². The molecular formula is C34H52N4O5. The molecule has 0 saturated heterocycles. The number of hydrogen-bond donors (Lipinski definition) is 4. The van der Waals surface area contributed by atoms with Crippen molar-refractivity contribution in [2.45, 2.75) is 84.1 Å². The van der Waals surface area contributed by atoms with Gasteiger partial charge in [0.2, 0.25) is 11.8 Å². The first-order valence-corrected chi connectivity index (χ1v) is 15.3. The Bertz CT molecular complexity index is 1120. The molecule has 0 spiro atoms. The Morgan fingerprint density at radius 1 is 0.884 bits per heavy atom. The third-order valence-corrected chi connectivity index (χ3v) is 7.34. The predicted molar refractivity (Wildman–Crippen MR) is 171 cm³/mol. The van der Waals surface area contributed by atoms with Crippen molar-refractivity contribution in [3.8, 4) is 0 Å². The van der Waals surface area contributed by atoms with E-state index in [0.29, 0.717) is 32.4 Å². The van der Waals surface area contributed by atoms with Crippen molar-refractivity contribution < 1.29 is 24.2 Å². The second kappa shape index (κ2) is 17.6. The molecule has 2 aromatic rings. The molecule has 0 saturated carbocycles. The van der Waals surface area contributed by atoms with E-state index in [-0.39, 0.29) is 24.2 Å². The van der Waals surface area contributed by atoms with Crippen LogP contribution in [0.3, 0.4) is 0 Å². The van der Waals surface area contributed by atoms with Crippen LogP contribution in [0.25, 0.3) is 0 Å². The van der Waals surface area contributed by atoms with Crippen LogP contribution in [-0.2, 0) is 27.2 Å². The van der Waals surface area contributed by atoms with Crippen LogP contribution in [0.15, 0.2) is 60.7 Å². The van der Waals surface area contributed by atoms with Crippen LogP contribution < -0.4 is 16.0 Å². The average molecular weight is 597 g/mol. The smallest absolute Gasteiger partial charge is 0.407 e. The summed E-state index contributed by atoms with van der Waals surface area (Å²) in [6.45, 7) is 10.4. The Balaban J connectivity index is 2.30. The van der Waals surface area contributed by atoms with Crippen molar-refractivity contribution in [3.63, 3.8) is 0 Å². The fourth-order valence-electron chi connectivity index (χ4n) is 4.73. The fourth-order valence-corrected chi connectivity index (χ4v) is 4.73. The summed E-state index contributed by atoms with van der Waals surface area (Å²) in [6, 6.07) is 17.7. The van der Waals surface area contributed by atoms with Crippen LogP contribution in [-0.4, -0.2) is 78.9 Å². The second-order valence-electron chi connectivity index (χ2n) is 12.6. The van der Waals surface area contributed by atoms with E-state index in [4.69, 9.17) is 4.74 Å². The van der Waals surface area contributed by atoms with Gasteiger partial charge in [0.15, 0.2) is 0 Å². The lowest BCUT2D eigenvalue weighted by atomic mass is 9.88. The number of nitrogens with one attached hydrogen (secondary N) is 3. The zero-order chi connectivity index (χ0) is 32.0. The molecule has 2 aromatic carbocycles. The molecular weight excluding hydrogens is 544 g/mol. The van der Waals surface area contributed by atoms with Gasteiger partial charge in [-0.25, -0.2) is 4.79 Å². The lowest BCUT2D eigenvalue weighted by molar-refractivity contribution is -0.133. The molecule has 9 nitrogen and oxygen atoms in total. The summed E-state index contributed by atoms with van der Waals surface area (Å²) in [5, 5.41) is 20.3. The summed E-state index contributed by atoms with van der Waals surface area (Å²) >= 11 is 0. The van der Waals surface area contributed by atoms with Crippen LogP contribution in [0.4, 0.5) is 4.79 Å². The van der Waals surface area contributed by atoms with Crippen molar-refractivity contribution in [2.24, 2.45) is 11.8 Å². The van der Waals surface area contributed by atoms with E-state index in [0.717, 1.165) is 11.1 Å². The van der Waals surface area contributed by atoms with Crippen LogP contribution in [0.5, 0.6) is 0 Å². The minimum Gasteiger partial charge on any atom is -0.444 e. The molecule has 0 aliphatic rings. The van der Waals surface area contributed by atoms with Crippen molar-refractivity contribution in [3.05, 3.63) is 71.8 Å². The SMILES string of the molecule is CCC(C)[C@H](NC(=O)[C@H](Cc1ccccc1)C[C@H](O)[C@H](Cc1ccccc1)NC(=O)OC(C)(C)C)C(=O)NCCN(C)C. The summed E-state index contributed by atoms with van der Waals surface area (Å²) in [7, 11) is 3.87. The molecule has 238 valence electrons. The molecule has 1 unspecified atom stereocenters. The molecule has 4 N–H and O–H groups in total. The van der Waals surface area contributed by atoms with E-state index in [9.17, 15) is 19.5 Å². The van der Waals surface area contributed by atoms with Gasteiger partial charge in [-0.1, -0.05) is 80.9 Å². The molecule has 9 heteroatoms. The average Bonchev–Trinajstić information content (AvgIpc) is 2.94. The van der Waals surface area contributed by atoms with Gasteiger partial charge < -0.3 is 30.7 Å². The van der Waals surface area contributed by atoms with Crippen molar-refractivity contribution >= 4 is 17.9 Å². The summed E-state index contributed by atoms with van der Waals surface area (Å²) in [5.41, 5.74) is 1.16. The third kappa shape index (κ3) is 13.6. The lowest BCUT2D eigenvalue weighted by Gasteiger charge is -2.30. The highest BCUT2D eigenvalue weighted by Gasteiger charge is 2.33. The number of nitrogens with zero attached hydrogens (tertiary/aromatic N) is 1. The number of aliphatic hydroxyl groups excluding tert-OH is 1. The number of rotatable bonds is 16. The Morgan fingerprint density at radius 3 is 1.95 bits per heavy atom. The van der Waals surface area contributed by atoms with Crippen LogP contribution in [0, 0.1) is 11.8 Å². The maximum Gasteiger partial charge on any atom is 0.407 e. The van der Waals surface area contributed by atoms with E-state index >= 15 is 0 Å². The molecule has 0 heterocycles. The molecule has 43 heavy (non-hydrogen) atoms. The summed E-state index contributed by atoms with van der Waals surface area (Å²) < 4.78 is 5.48. The number of hydrogen-bond acceptors (Lipinski definition) is 6. The lowest BCUT2D eigenvalue weighted by Crippen LogP contribution is -2.53. The molecule has 3 amide bonds. The van der Waals surface area contributed by atoms with Crippen LogP contribution in [0.2, 0.25) is 0 Å². The normalized spacial score (nSPS) is 15.1. The summed E-state index contributed by atoms with van der Waals surface area (Å²) in [4.78, 5) is 41.8. The van der Waals surface area contributed by atoms with E-state index in [1.165, 1.54) is 0 Å². The highest BCUT2D eigenvalue weighted by Crippen LogP contribution is 2.20. The molecule has 0 aliphatic carbocycles. The summed E-state index contributed by atoms with van der Waals surface area (Å²) in [5.74, 6) is -1.29. The van der Waals surface area contributed by atoms with Gasteiger partial charge in [-0.2, -0.15) is 0 Å². The zero-order valence-electron chi connectivity index (χ0n) is 26.9. The molecule has 5 atom stereocenters. The van der Waals surface area contributed by atoms with Gasteiger partial charge in [0, 0.05) is 19.0 Å². The zero-order valence-corrected chi connectivity index (χ0v) is 26.9. The Morgan fingerprint density at radius 2 is 1.44 bits per heavy atom. The number of ether oxygens (including phenoxy) is 1. The Hall–Kier alpha value is -3.43. The van der Waals surface area contributed by atoms with Gasteiger partial charge in [-0.3, -0.25) is 9.59 Å². The monoisotopic (exact) mass is 596 g/mol. The standard InChI is InChI=1S/C34H52N4O5/c1-8-24(2)30(32(41)35-19-20-38(6)7)37-31(40)27(21-25-15-11-9-12-16-25)23-29(39)28(22-26-17-13-10-14-18-26)36-33(42)43-34(3,4)5/h9-18,24,27-30,39H,8,19-23H2,1-7H3,(H,35,41)(H,36,42)(H,37,40)/t24?,27-,28+,29+,30+/m1/s1. The van der Waals surface area contributed by atoms with Crippen LogP contribution >= 0.6 is 0 Å². The van der Waals surface area contributed by atoms with Crippen molar-refractivity contribution in [2.75, 3.05) is 27.2 Å². The maximum absolute atomic E-state index is 13.9. The van der Waals surface area contributed by atoms with Gasteiger partial charge in [-0.05, 0) is 71.2 Å². The van der Waals surface area contributed by atoms with Crippen LogP contribution in [0.1, 0.15) is 58.6 Å². The first kappa shape index (κ1) is 35.8. The molecule has 0 bridgehead atoms. The van der Waals surface area contributed by atoms with Gasteiger partial charge in [0.05, 0.1) is 12.1 Å². The molecule has 0 aromatic heterocycles. The minimum absolute atomic E-state index is 0.0729. The highest BCUT2D eigenvalue weighted by molar-refractivity contribution is 5.88. The molecule has 0 fully saturated rings. The number of carbonyl (C=O) groups is 3. The number of amides is 3. The van der Waals surface area contributed by atoms with Gasteiger partial charge in [0.25, 0.3) is 0 Å². The number of likely N-dealkylation sites (N-methyl/N-ethyl adjacent to an activating group) is 1. The fraction of sp³-hybridized carbons (Fsp3) is 0.559. The summed E-state index contributed by atoms with van der Waals surface area (Å²) in [6.07, 6.45) is -0.208. The number of alkyl carbamates (subject to hydrolysis) is 1. The van der Waals surface area contributed by atoms with E-state index in [1.807, 2.05) is 93.5 Å². The van der Waals surface area contributed by atoms with Crippen molar-refractivity contribution in [1.29, 1.82) is 0 Å². The van der Waals surface area contributed by atoms with Crippen molar-refractivity contribution in [1.82, 2.24) is 20.9 Å². The third-order valence-electron chi connectivity index (χ3n) is 7.34. The number of carbonyl (C=O) groups excluding carboxylic acids is 3. The first-order chi connectivity index (χ1) is 20.3. The second-order valence-corrected chi connectivity index (χ2v) is 12.6. The van der Waals surface area contributed by atoms with Gasteiger partial charge in [0.1, 0.15) is 11.6 Å². The van der Waals surface area contributed by atoms with E-state index in [2.05, 4.69) is 16.0 Å². The molecule has 2 rings (SSSR count). The predicted octanol–water partition coefficient (Wildman–Crippen LogP) is 3.94. The Kier molecular flexibility index (Phi) is 14.7. The molecule has 0 radical (unpaired) electrons.